The van der Waals surface area contributed by atoms with Crippen LogP contribution in [0.5, 0.6) is 0 Å². The predicted octanol–water partition coefficient (Wildman–Crippen LogP) is 1.41. The van der Waals surface area contributed by atoms with Gasteiger partial charge in [-0.15, -0.1) is 5.56 Å². The van der Waals surface area contributed by atoms with E-state index in [0.29, 0.717) is 13.2 Å². The summed E-state index contributed by atoms with van der Waals surface area (Å²) in [6, 6.07) is 10.8. The molecule has 4 heteroatoms. The van der Waals surface area contributed by atoms with Gasteiger partial charge in [0.2, 0.25) is 0 Å². The van der Waals surface area contributed by atoms with E-state index in [-0.39, 0.29) is 32.7 Å². The van der Waals surface area contributed by atoms with Crippen molar-refractivity contribution in [1.82, 2.24) is 4.81 Å². The first-order chi connectivity index (χ1) is 6.83. The van der Waals surface area contributed by atoms with Crippen LogP contribution in [0.25, 0.3) is 0 Å². The van der Waals surface area contributed by atoms with Gasteiger partial charge in [0.15, 0.2) is 7.98 Å². The number of ether oxygens (including phenoxy) is 1. The molecule has 0 fully saturated rings. The Kier molecular flexibility index (Phi) is 9.72. The quantitative estimate of drug-likeness (QED) is 0.443. The Morgan fingerprint density at radius 2 is 2.33 bits per heavy atom. The summed E-state index contributed by atoms with van der Waals surface area (Å²) in [6.07, 6.45) is 0. The Hall–Kier alpha value is 0.309. The summed E-state index contributed by atoms with van der Waals surface area (Å²) in [5.74, 6) is 0. The van der Waals surface area contributed by atoms with Crippen molar-refractivity contribution < 1.29 is 37.4 Å². The molecule has 0 N–H and O–H groups in total. The molecule has 2 nitrogen and oxygen atoms in total. The molecule has 1 aromatic carbocycles. The van der Waals surface area contributed by atoms with Crippen molar-refractivity contribution in [3.05, 3.63) is 35.9 Å². The molecule has 1 rings (SSSR count). The van der Waals surface area contributed by atoms with E-state index in [0.717, 1.165) is 18.7 Å². The molecule has 0 aliphatic rings. The predicted molar refractivity (Wildman–Crippen MR) is 57.9 cm³/mol. The van der Waals surface area contributed by atoms with Crippen molar-refractivity contribution >= 4 is 7.98 Å². The topological polar surface area (TPSA) is 12.5 Å². The zero-order chi connectivity index (χ0) is 10.2. The van der Waals surface area contributed by atoms with E-state index < -0.39 is 0 Å². The average molecular weight is 277 g/mol. The van der Waals surface area contributed by atoms with E-state index in [1.165, 1.54) is 0 Å². The molecule has 3 radical (unpaired) electrons. The minimum Gasteiger partial charge on any atom is -0.388 e. The summed E-state index contributed by atoms with van der Waals surface area (Å²) >= 11 is 0. The summed E-state index contributed by atoms with van der Waals surface area (Å²) in [6.45, 7) is 4.94. The third-order valence-electron chi connectivity index (χ3n) is 1.97. The Morgan fingerprint density at radius 1 is 1.53 bits per heavy atom. The molecule has 0 amide bonds. The SMILES string of the molecule is [B]N(CC)CCOCc1c[c-]ccc1.[Y]. The molecule has 0 saturated carbocycles. The minimum absolute atomic E-state index is 0. The molecule has 1 aromatic rings. The van der Waals surface area contributed by atoms with E-state index in [1.54, 1.807) is 4.81 Å². The van der Waals surface area contributed by atoms with Gasteiger partial charge >= 0.3 is 0 Å². The van der Waals surface area contributed by atoms with Gasteiger partial charge in [-0.05, 0) is 6.54 Å². The molecular weight excluding hydrogens is 262 g/mol. The first-order valence-electron chi connectivity index (χ1n) is 4.85. The maximum absolute atomic E-state index is 5.60. The molecule has 0 heterocycles. The number of hydrogen-bond donors (Lipinski definition) is 0. The fourth-order valence-corrected chi connectivity index (χ4v) is 1.05. The zero-order valence-electron chi connectivity index (χ0n) is 9.15. The second-order valence-electron chi connectivity index (χ2n) is 3.09. The van der Waals surface area contributed by atoms with Crippen molar-refractivity contribution in [2.45, 2.75) is 13.5 Å². The molecule has 0 bridgehead atoms. The van der Waals surface area contributed by atoms with Crippen LogP contribution in [-0.2, 0) is 44.1 Å². The van der Waals surface area contributed by atoms with Crippen LogP contribution in [0.2, 0.25) is 0 Å². The smallest absolute Gasteiger partial charge is 0.182 e. The summed E-state index contributed by atoms with van der Waals surface area (Å²) in [5, 5.41) is 0. The Bertz CT molecular complexity index is 246. The van der Waals surface area contributed by atoms with Crippen molar-refractivity contribution in [3.63, 3.8) is 0 Å². The van der Waals surface area contributed by atoms with Crippen LogP contribution in [0, 0.1) is 6.07 Å². The number of hydrogen-bond acceptors (Lipinski definition) is 2. The standard InChI is InChI=1S/C11H15BNO.Y/c1-2-13(12)8-9-14-10-11-6-4-3-5-7-11;/h3-4,6-7H,2,8-10H2,1H3;/q-1;. The van der Waals surface area contributed by atoms with Crippen molar-refractivity contribution in [2.24, 2.45) is 0 Å². The normalized spacial score (nSPS) is 10.0. The second-order valence-corrected chi connectivity index (χ2v) is 3.09. The fourth-order valence-electron chi connectivity index (χ4n) is 1.05. The summed E-state index contributed by atoms with van der Waals surface area (Å²) in [4.78, 5) is 1.73. The number of likely N-dealkylation sites (N-methyl/N-ethyl adjacent to an activating group) is 1. The van der Waals surface area contributed by atoms with Gasteiger partial charge in [0.1, 0.15) is 0 Å². The number of nitrogens with zero attached hydrogens (tertiary/aromatic N) is 1. The van der Waals surface area contributed by atoms with E-state index in [2.05, 4.69) is 6.07 Å². The number of benzene rings is 1. The summed E-state index contributed by atoms with van der Waals surface area (Å²) in [5.41, 5.74) is 1.15. The van der Waals surface area contributed by atoms with Gasteiger partial charge in [0.25, 0.3) is 0 Å². The second kappa shape index (κ2) is 9.53. The van der Waals surface area contributed by atoms with Gasteiger partial charge in [-0.2, -0.15) is 30.3 Å². The van der Waals surface area contributed by atoms with Gasteiger partial charge < -0.3 is 9.55 Å². The van der Waals surface area contributed by atoms with Crippen molar-refractivity contribution in [2.75, 3.05) is 19.7 Å². The molecule has 0 aromatic heterocycles. The zero-order valence-corrected chi connectivity index (χ0v) is 12.0. The third-order valence-corrected chi connectivity index (χ3v) is 1.97. The van der Waals surface area contributed by atoms with Crippen LogP contribution >= 0.6 is 0 Å². The molecule has 0 saturated heterocycles. The van der Waals surface area contributed by atoms with Gasteiger partial charge in [-0.25, -0.2) is 0 Å². The van der Waals surface area contributed by atoms with E-state index in [4.69, 9.17) is 12.7 Å². The van der Waals surface area contributed by atoms with Gasteiger partial charge in [0, 0.05) is 45.9 Å². The molecular formula is C11H15BNOY-. The van der Waals surface area contributed by atoms with Crippen LogP contribution in [0.4, 0.5) is 0 Å². The monoisotopic (exact) mass is 277 g/mol. The Labute approximate surface area is 119 Å². The molecule has 0 atom stereocenters. The third kappa shape index (κ3) is 7.24. The Balaban J connectivity index is 0.00000196. The first-order valence-corrected chi connectivity index (χ1v) is 4.85. The largest absolute Gasteiger partial charge is 0.388 e. The average Bonchev–Trinajstić information content (AvgIpc) is 2.25. The van der Waals surface area contributed by atoms with Gasteiger partial charge in [-0.3, -0.25) is 0 Å². The molecule has 0 spiro atoms. The summed E-state index contributed by atoms with van der Waals surface area (Å²) < 4.78 is 5.45. The first kappa shape index (κ1) is 15.3. The van der Waals surface area contributed by atoms with Crippen LogP contribution in [0.3, 0.4) is 0 Å². The molecule has 0 unspecified atom stereocenters. The van der Waals surface area contributed by atoms with Crippen LogP contribution < -0.4 is 0 Å². The molecule has 15 heavy (non-hydrogen) atoms. The molecule has 0 aliphatic heterocycles. The van der Waals surface area contributed by atoms with Crippen LogP contribution in [0.15, 0.2) is 24.3 Å². The maximum atomic E-state index is 5.60. The van der Waals surface area contributed by atoms with E-state index in [9.17, 15) is 0 Å². The van der Waals surface area contributed by atoms with Crippen molar-refractivity contribution in [1.29, 1.82) is 0 Å². The van der Waals surface area contributed by atoms with E-state index in [1.807, 2.05) is 31.2 Å². The minimum atomic E-state index is 0. The summed E-state index contributed by atoms with van der Waals surface area (Å²) in [7, 11) is 5.60. The maximum Gasteiger partial charge on any atom is 0.182 e. The molecule has 77 valence electrons. The van der Waals surface area contributed by atoms with Crippen LogP contribution in [0.1, 0.15) is 12.5 Å². The Morgan fingerprint density at radius 3 is 2.93 bits per heavy atom. The van der Waals surface area contributed by atoms with Crippen LogP contribution in [-0.4, -0.2) is 32.5 Å². The number of rotatable bonds is 6. The molecule has 0 aliphatic carbocycles. The van der Waals surface area contributed by atoms with Gasteiger partial charge in [-0.1, -0.05) is 6.92 Å². The van der Waals surface area contributed by atoms with Gasteiger partial charge in [0.05, 0.1) is 6.61 Å². The van der Waals surface area contributed by atoms with Crippen molar-refractivity contribution in [3.8, 4) is 0 Å². The van der Waals surface area contributed by atoms with E-state index >= 15 is 0 Å². The fraction of sp³-hybridized carbons (Fsp3) is 0.455.